The molecule has 0 radical (unpaired) electrons. The predicted molar refractivity (Wildman–Crippen MR) is 166 cm³/mol. The number of hydrogen-bond acceptors (Lipinski definition) is 4. The van der Waals surface area contributed by atoms with Gasteiger partial charge in [-0.3, -0.25) is 9.59 Å². The zero-order valence-electron chi connectivity index (χ0n) is 26.1. The van der Waals surface area contributed by atoms with E-state index in [4.69, 9.17) is 0 Å². The van der Waals surface area contributed by atoms with E-state index in [9.17, 15) is 19.5 Å². The summed E-state index contributed by atoms with van der Waals surface area (Å²) in [5.41, 5.74) is 1.68. The van der Waals surface area contributed by atoms with Crippen LogP contribution in [0.4, 0.5) is 0 Å². The largest absolute Gasteiger partial charge is 0.386 e. The van der Waals surface area contributed by atoms with Crippen molar-refractivity contribution in [2.24, 2.45) is 23.7 Å². The maximum absolute atomic E-state index is 13.6. The van der Waals surface area contributed by atoms with E-state index in [-0.39, 0.29) is 47.6 Å². The van der Waals surface area contributed by atoms with Crippen LogP contribution in [0.1, 0.15) is 77.5 Å². The van der Waals surface area contributed by atoms with Crippen LogP contribution in [0.3, 0.4) is 0 Å². The molecule has 0 spiro atoms. The number of amides is 2. The molecule has 0 heterocycles. The molecule has 2 aromatic carbocycles. The number of likely N-dealkylation sites (N-methyl/N-ethyl adjacent to an activating group) is 2. The first-order chi connectivity index (χ1) is 19.4. The Bertz CT molecular complexity index is 1120. The van der Waals surface area contributed by atoms with Gasteiger partial charge in [-0.2, -0.15) is 0 Å². The second-order valence-corrected chi connectivity index (χ2v) is 12.0. The van der Waals surface area contributed by atoms with Crippen molar-refractivity contribution in [2.45, 2.75) is 78.5 Å². The molecular formula is C35H50N2O4. The van der Waals surface area contributed by atoms with Crippen molar-refractivity contribution in [2.75, 3.05) is 14.1 Å². The third kappa shape index (κ3) is 9.12. The maximum atomic E-state index is 13.6. The van der Waals surface area contributed by atoms with Crippen LogP contribution in [-0.4, -0.2) is 59.2 Å². The van der Waals surface area contributed by atoms with E-state index in [2.05, 4.69) is 0 Å². The molecule has 0 saturated heterocycles. The van der Waals surface area contributed by atoms with E-state index in [1.807, 2.05) is 114 Å². The molecule has 5 unspecified atom stereocenters. The van der Waals surface area contributed by atoms with Gasteiger partial charge < -0.3 is 19.7 Å². The molecule has 0 aromatic heterocycles. The van der Waals surface area contributed by atoms with Gasteiger partial charge in [0.1, 0.15) is 6.29 Å². The zero-order chi connectivity index (χ0) is 30.7. The van der Waals surface area contributed by atoms with Crippen LogP contribution in [0, 0.1) is 23.7 Å². The van der Waals surface area contributed by atoms with E-state index in [0.29, 0.717) is 12.8 Å². The van der Waals surface area contributed by atoms with Gasteiger partial charge in [0.05, 0.1) is 18.1 Å². The van der Waals surface area contributed by atoms with Crippen molar-refractivity contribution in [3.05, 3.63) is 83.9 Å². The Kier molecular flexibility index (Phi) is 13.5. The molecule has 0 aliphatic heterocycles. The zero-order valence-corrected chi connectivity index (χ0v) is 26.1. The summed E-state index contributed by atoms with van der Waals surface area (Å²) in [6, 6.07) is 18.3. The van der Waals surface area contributed by atoms with Crippen molar-refractivity contribution in [1.82, 2.24) is 9.80 Å². The lowest BCUT2D eigenvalue weighted by atomic mass is 9.87. The molecule has 0 aliphatic rings. The predicted octanol–water partition coefficient (Wildman–Crippen LogP) is 6.28. The number of hydrogen-bond donors (Lipinski definition) is 1. The smallest absolute Gasteiger partial charge is 0.226 e. The summed E-state index contributed by atoms with van der Waals surface area (Å²) in [6.07, 6.45) is 5.29. The van der Waals surface area contributed by atoms with Crippen molar-refractivity contribution in [1.29, 1.82) is 0 Å². The van der Waals surface area contributed by atoms with Crippen LogP contribution in [-0.2, 0) is 14.4 Å². The van der Waals surface area contributed by atoms with E-state index in [1.165, 1.54) is 0 Å². The lowest BCUT2D eigenvalue weighted by Gasteiger charge is -2.33. The standard InChI is InChI=1S/C35H50N2O4/c1-24(2)30(34(40)36(7)26(5)32(23-38)28-17-11-9-12-18-28)21-15-16-22-31(25(3)4)35(41)37(8)27(6)33(39)29-19-13-10-14-20-29/h9-20,23-27,30-33,39H,21-22H2,1-8H3/b16-15+/t26-,27?,30?,31?,32?,33?/m0/s1. The molecular weight excluding hydrogens is 512 g/mol. The number of aldehydes is 1. The maximum Gasteiger partial charge on any atom is 0.226 e. The fourth-order valence-corrected chi connectivity index (χ4v) is 5.25. The number of carbonyl (C=O) groups is 3. The van der Waals surface area contributed by atoms with Gasteiger partial charge in [0.25, 0.3) is 0 Å². The lowest BCUT2D eigenvalue weighted by molar-refractivity contribution is -0.140. The van der Waals surface area contributed by atoms with Crippen LogP contribution in [0.15, 0.2) is 72.8 Å². The average molecular weight is 563 g/mol. The van der Waals surface area contributed by atoms with Gasteiger partial charge in [-0.15, -0.1) is 0 Å². The summed E-state index contributed by atoms with van der Waals surface area (Å²) < 4.78 is 0. The quantitative estimate of drug-likeness (QED) is 0.205. The first kappa shape index (κ1) is 34.0. The number of rotatable bonds is 15. The van der Waals surface area contributed by atoms with E-state index in [1.54, 1.807) is 23.9 Å². The van der Waals surface area contributed by atoms with Gasteiger partial charge in [0.15, 0.2) is 0 Å². The second-order valence-electron chi connectivity index (χ2n) is 12.0. The van der Waals surface area contributed by atoms with Gasteiger partial charge in [0.2, 0.25) is 11.8 Å². The Balaban J connectivity index is 2.06. The van der Waals surface area contributed by atoms with E-state index >= 15 is 0 Å². The Hall–Kier alpha value is -3.25. The minimum absolute atomic E-state index is 0.00186. The van der Waals surface area contributed by atoms with Crippen LogP contribution in [0.2, 0.25) is 0 Å². The summed E-state index contributed by atoms with van der Waals surface area (Å²) in [5, 5.41) is 10.8. The first-order valence-corrected chi connectivity index (χ1v) is 14.8. The Labute approximate surface area is 247 Å². The molecule has 2 amide bonds. The molecule has 0 fully saturated rings. The van der Waals surface area contributed by atoms with Gasteiger partial charge in [0, 0.05) is 32.0 Å². The van der Waals surface area contributed by atoms with Crippen LogP contribution < -0.4 is 0 Å². The van der Waals surface area contributed by atoms with Crippen molar-refractivity contribution < 1.29 is 19.5 Å². The summed E-state index contributed by atoms with van der Waals surface area (Å²) in [7, 11) is 3.53. The monoisotopic (exact) mass is 562 g/mol. The molecule has 224 valence electrons. The van der Waals surface area contributed by atoms with Crippen LogP contribution >= 0.6 is 0 Å². The number of aliphatic hydroxyl groups is 1. The molecule has 0 aliphatic carbocycles. The molecule has 0 saturated carbocycles. The molecule has 6 atom stereocenters. The van der Waals surface area contributed by atoms with Gasteiger partial charge in [-0.25, -0.2) is 0 Å². The molecule has 2 aromatic rings. The Morgan fingerprint density at radius 2 is 1.07 bits per heavy atom. The Morgan fingerprint density at radius 3 is 1.46 bits per heavy atom. The van der Waals surface area contributed by atoms with Gasteiger partial charge >= 0.3 is 0 Å². The molecule has 0 bridgehead atoms. The Morgan fingerprint density at radius 1 is 0.683 bits per heavy atom. The topological polar surface area (TPSA) is 77.9 Å². The fourth-order valence-electron chi connectivity index (χ4n) is 5.25. The second kappa shape index (κ2) is 16.3. The van der Waals surface area contributed by atoms with Gasteiger partial charge in [-0.05, 0) is 49.7 Å². The van der Waals surface area contributed by atoms with E-state index < -0.39 is 12.0 Å². The summed E-state index contributed by atoms with van der Waals surface area (Å²) in [4.78, 5) is 42.4. The van der Waals surface area contributed by atoms with Crippen LogP contribution in [0.5, 0.6) is 0 Å². The number of carbonyl (C=O) groups excluding carboxylic acids is 3. The number of allylic oxidation sites excluding steroid dienone is 2. The molecule has 1 N–H and O–H groups in total. The first-order valence-electron chi connectivity index (χ1n) is 14.8. The number of nitrogens with zero attached hydrogens (tertiary/aromatic N) is 2. The normalized spacial score (nSPS) is 16.2. The SMILES string of the molecule is CC(C)C(C/C=C/CC(C(=O)N(C)[C@@H](C)C(C=O)c1ccccc1)C(C)C)C(=O)N(C)C(C)C(O)c1ccccc1. The third-order valence-corrected chi connectivity index (χ3v) is 8.56. The number of benzene rings is 2. The lowest BCUT2D eigenvalue weighted by Crippen LogP contribution is -2.43. The minimum atomic E-state index is -0.772. The highest BCUT2D eigenvalue weighted by Crippen LogP contribution is 2.27. The highest BCUT2D eigenvalue weighted by Gasteiger charge is 2.32. The summed E-state index contributed by atoms with van der Waals surface area (Å²) >= 11 is 0. The van der Waals surface area contributed by atoms with Crippen LogP contribution in [0.25, 0.3) is 0 Å². The number of aliphatic hydroxyl groups excluding tert-OH is 1. The molecule has 6 heteroatoms. The summed E-state index contributed by atoms with van der Waals surface area (Å²) in [6.45, 7) is 11.9. The molecule has 2 rings (SSSR count). The third-order valence-electron chi connectivity index (χ3n) is 8.56. The van der Waals surface area contributed by atoms with Crippen molar-refractivity contribution >= 4 is 18.1 Å². The van der Waals surface area contributed by atoms with Crippen molar-refractivity contribution in [3.63, 3.8) is 0 Å². The highest BCUT2D eigenvalue weighted by atomic mass is 16.3. The van der Waals surface area contributed by atoms with Gasteiger partial charge in [-0.1, -0.05) is 101 Å². The molecule has 41 heavy (non-hydrogen) atoms. The highest BCUT2D eigenvalue weighted by molar-refractivity contribution is 5.80. The van der Waals surface area contributed by atoms with E-state index in [0.717, 1.165) is 17.4 Å². The fraction of sp³-hybridized carbons (Fsp3) is 0.514. The molecule has 6 nitrogen and oxygen atoms in total. The summed E-state index contributed by atoms with van der Waals surface area (Å²) in [5.74, 6) is -0.634. The minimum Gasteiger partial charge on any atom is -0.386 e. The average Bonchev–Trinajstić information content (AvgIpc) is 2.97. The van der Waals surface area contributed by atoms with Crippen molar-refractivity contribution in [3.8, 4) is 0 Å².